The van der Waals surface area contributed by atoms with Crippen LogP contribution in [0.2, 0.25) is 0 Å². The van der Waals surface area contributed by atoms with Crippen LogP contribution < -0.4 is 5.32 Å². The van der Waals surface area contributed by atoms with Crippen molar-refractivity contribution >= 4 is 22.6 Å². The molecule has 0 aliphatic heterocycles. The van der Waals surface area contributed by atoms with Gasteiger partial charge in [-0.25, -0.2) is 0 Å². The number of hydrogen-bond donors (Lipinski definition) is 1. The van der Waals surface area contributed by atoms with Crippen LogP contribution >= 0.6 is 22.6 Å². The molecular weight excluding hydrogens is 369 g/mol. The Bertz CT molecular complexity index is 648. The lowest BCUT2D eigenvalue weighted by Gasteiger charge is -2.20. The van der Waals surface area contributed by atoms with E-state index in [9.17, 15) is 0 Å². The van der Waals surface area contributed by atoms with E-state index in [0.29, 0.717) is 6.04 Å². The molecule has 0 saturated heterocycles. The molecule has 2 aromatic carbocycles. The van der Waals surface area contributed by atoms with Gasteiger partial charge in [-0.15, -0.1) is 0 Å². The predicted molar refractivity (Wildman–Crippen MR) is 97.9 cm³/mol. The summed E-state index contributed by atoms with van der Waals surface area (Å²) < 4.78 is 1.38. The van der Waals surface area contributed by atoms with Crippen molar-refractivity contribution in [1.29, 1.82) is 0 Å². The molecule has 1 aliphatic rings. The first-order valence-corrected chi connectivity index (χ1v) is 8.80. The van der Waals surface area contributed by atoms with Crippen LogP contribution in [-0.2, 0) is 19.3 Å². The molecule has 3 rings (SSSR count). The molecule has 0 heterocycles. The zero-order valence-corrected chi connectivity index (χ0v) is 14.9. The third-order valence-electron chi connectivity index (χ3n) is 4.55. The Morgan fingerprint density at radius 3 is 2.76 bits per heavy atom. The number of hydrogen-bond acceptors (Lipinski definition) is 1. The van der Waals surface area contributed by atoms with E-state index in [1.807, 2.05) is 0 Å². The molecule has 1 nitrogen and oxygen atoms in total. The maximum absolute atomic E-state index is 3.50. The van der Waals surface area contributed by atoms with Crippen molar-refractivity contribution in [3.8, 4) is 0 Å². The molecule has 0 amide bonds. The summed E-state index contributed by atoms with van der Waals surface area (Å²) in [5.74, 6) is 0. The van der Waals surface area contributed by atoms with E-state index in [4.69, 9.17) is 0 Å². The van der Waals surface area contributed by atoms with Crippen molar-refractivity contribution < 1.29 is 0 Å². The number of rotatable bonds is 4. The maximum atomic E-state index is 3.50. The minimum absolute atomic E-state index is 0.385. The minimum Gasteiger partial charge on any atom is -0.313 e. The molecule has 0 fully saturated rings. The van der Waals surface area contributed by atoms with Crippen LogP contribution in [0.15, 0.2) is 36.4 Å². The summed E-state index contributed by atoms with van der Waals surface area (Å²) in [4.78, 5) is 0. The molecule has 0 spiro atoms. The third kappa shape index (κ3) is 3.16. The molecule has 0 saturated carbocycles. The van der Waals surface area contributed by atoms with E-state index < -0.39 is 0 Å². The van der Waals surface area contributed by atoms with Gasteiger partial charge in [-0.1, -0.05) is 36.4 Å². The van der Waals surface area contributed by atoms with Gasteiger partial charge in [-0.2, -0.15) is 0 Å². The van der Waals surface area contributed by atoms with Gasteiger partial charge < -0.3 is 5.32 Å². The number of halogens is 1. The Morgan fingerprint density at radius 1 is 1.14 bits per heavy atom. The van der Waals surface area contributed by atoms with Crippen molar-refractivity contribution in [3.05, 3.63) is 67.8 Å². The van der Waals surface area contributed by atoms with Crippen LogP contribution in [0.25, 0.3) is 0 Å². The summed E-state index contributed by atoms with van der Waals surface area (Å²) in [5.41, 5.74) is 7.36. The molecule has 1 unspecified atom stereocenters. The zero-order valence-electron chi connectivity index (χ0n) is 12.7. The molecule has 110 valence electrons. The molecule has 2 aromatic rings. The second-order valence-electron chi connectivity index (χ2n) is 5.98. The molecule has 1 N–H and O–H groups in total. The highest BCUT2D eigenvalue weighted by molar-refractivity contribution is 14.1. The van der Waals surface area contributed by atoms with Gasteiger partial charge in [-0.05, 0) is 90.1 Å². The Morgan fingerprint density at radius 2 is 1.95 bits per heavy atom. The predicted octanol–water partition coefficient (Wildman–Crippen LogP) is 4.59. The molecule has 21 heavy (non-hydrogen) atoms. The number of fused-ring (bicyclic) bond motifs is 1. The summed E-state index contributed by atoms with van der Waals surface area (Å²) in [6, 6.07) is 14.1. The van der Waals surface area contributed by atoms with Crippen LogP contribution in [0.4, 0.5) is 0 Å². The van der Waals surface area contributed by atoms with Gasteiger partial charge in [0.25, 0.3) is 0 Å². The van der Waals surface area contributed by atoms with Gasteiger partial charge >= 0.3 is 0 Å². The van der Waals surface area contributed by atoms with E-state index in [-0.39, 0.29) is 0 Å². The Hall–Kier alpha value is -0.870. The summed E-state index contributed by atoms with van der Waals surface area (Å²) in [6.45, 7) is 2.19. The largest absolute Gasteiger partial charge is 0.313 e. The van der Waals surface area contributed by atoms with Gasteiger partial charge in [0.05, 0.1) is 0 Å². The molecule has 0 bridgehead atoms. The lowest BCUT2D eigenvalue weighted by atomic mass is 9.96. The first kappa shape index (κ1) is 15.0. The average Bonchev–Trinajstić information content (AvgIpc) is 2.95. The van der Waals surface area contributed by atoms with Crippen molar-refractivity contribution in [2.75, 3.05) is 7.05 Å². The molecular formula is C19H22IN. The zero-order chi connectivity index (χ0) is 14.8. The fourth-order valence-electron chi connectivity index (χ4n) is 3.29. The number of benzene rings is 2. The topological polar surface area (TPSA) is 12.0 Å². The highest BCUT2D eigenvalue weighted by Gasteiger charge is 2.16. The molecule has 2 heteroatoms. The van der Waals surface area contributed by atoms with Crippen LogP contribution in [0.5, 0.6) is 0 Å². The number of aryl methyl sites for hydroxylation is 3. The fraction of sp³-hybridized carbons (Fsp3) is 0.368. The molecule has 0 radical (unpaired) electrons. The van der Waals surface area contributed by atoms with E-state index in [0.717, 1.165) is 6.42 Å². The van der Waals surface area contributed by atoms with Crippen LogP contribution in [-0.4, -0.2) is 7.05 Å². The first-order valence-electron chi connectivity index (χ1n) is 7.72. The first-order chi connectivity index (χ1) is 10.2. The normalized spacial score (nSPS) is 15.0. The van der Waals surface area contributed by atoms with Crippen molar-refractivity contribution in [1.82, 2.24) is 5.32 Å². The average molecular weight is 391 g/mol. The van der Waals surface area contributed by atoms with Crippen LogP contribution in [0, 0.1) is 10.5 Å². The highest BCUT2D eigenvalue weighted by atomic mass is 127. The summed E-state index contributed by atoms with van der Waals surface area (Å²) >= 11 is 2.48. The molecule has 1 aliphatic carbocycles. The third-order valence-corrected chi connectivity index (χ3v) is 6.02. The van der Waals surface area contributed by atoms with Crippen LogP contribution in [0.3, 0.4) is 0 Å². The monoisotopic (exact) mass is 391 g/mol. The lowest BCUT2D eigenvalue weighted by Crippen LogP contribution is -2.20. The maximum Gasteiger partial charge on any atom is 0.0369 e. The Labute approximate surface area is 141 Å². The van der Waals surface area contributed by atoms with Crippen LogP contribution in [0.1, 0.15) is 40.3 Å². The van der Waals surface area contributed by atoms with E-state index in [1.165, 1.54) is 39.5 Å². The van der Waals surface area contributed by atoms with E-state index in [2.05, 4.69) is 78.3 Å². The van der Waals surface area contributed by atoms with Gasteiger partial charge in [0.2, 0.25) is 0 Å². The quantitative estimate of drug-likeness (QED) is 0.752. The Kier molecular flexibility index (Phi) is 4.65. The second kappa shape index (κ2) is 6.49. The van der Waals surface area contributed by atoms with Crippen molar-refractivity contribution in [2.24, 2.45) is 0 Å². The van der Waals surface area contributed by atoms with Gasteiger partial charge in [0.1, 0.15) is 0 Å². The fourth-order valence-corrected chi connectivity index (χ4v) is 4.03. The SMILES string of the molecule is CNC(Cc1ccc2c(c1)CCC2)c1cccc(C)c1I. The lowest BCUT2D eigenvalue weighted by molar-refractivity contribution is 0.588. The van der Waals surface area contributed by atoms with Gasteiger partial charge in [0.15, 0.2) is 0 Å². The summed E-state index contributed by atoms with van der Waals surface area (Å²) in [6.07, 6.45) is 4.91. The highest BCUT2D eigenvalue weighted by Crippen LogP contribution is 2.28. The smallest absolute Gasteiger partial charge is 0.0369 e. The summed E-state index contributed by atoms with van der Waals surface area (Å²) in [5, 5.41) is 3.50. The standard InChI is InChI=1S/C19H22IN/c1-13-5-3-8-17(19(13)20)18(21-2)12-14-9-10-15-6-4-7-16(15)11-14/h3,5,8-11,18,21H,4,6-7,12H2,1-2H3. The van der Waals surface area contributed by atoms with Crippen molar-refractivity contribution in [2.45, 2.75) is 38.6 Å². The Balaban J connectivity index is 1.86. The van der Waals surface area contributed by atoms with Gasteiger partial charge in [0, 0.05) is 9.61 Å². The van der Waals surface area contributed by atoms with E-state index in [1.54, 1.807) is 11.1 Å². The molecule has 1 atom stereocenters. The molecule has 0 aromatic heterocycles. The number of likely N-dealkylation sites (N-methyl/N-ethyl adjacent to an activating group) is 1. The minimum atomic E-state index is 0.385. The van der Waals surface area contributed by atoms with E-state index >= 15 is 0 Å². The van der Waals surface area contributed by atoms with Crippen molar-refractivity contribution in [3.63, 3.8) is 0 Å². The number of nitrogens with one attached hydrogen (secondary N) is 1. The second-order valence-corrected chi connectivity index (χ2v) is 7.06. The van der Waals surface area contributed by atoms with Gasteiger partial charge in [-0.3, -0.25) is 0 Å². The summed E-state index contributed by atoms with van der Waals surface area (Å²) in [7, 11) is 2.07.